The summed E-state index contributed by atoms with van der Waals surface area (Å²) in [6.45, 7) is 1.30. The van der Waals surface area contributed by atoms with Gasteiger partial charge in [-0.15, -0.1) is 0 Å². The van der Waals surface area contributed by atoms with Gasteiger partial charge < -0.3 is 24.5 Å². The Morgan fingerprint density at radius 1 is 1.13 bits per heavy atom. The number of carbonyl (C=O) groups is 2. The lowest BCUT2D eigenvalue weighted by Gasteiger charge is -2.31. The zero-order chi connectivity index (χ0) is 21.4. The fourth-order valence-corrected chi connectivity index (χ4v) is 4.45. The zero-order valence-corrected chi connectivity index (χ0v) is 17.1. The van der Waals surface area contributed by atoms with Crippen molar-refractivity contribution in [1.82, 2.24) is 14.3 Å². The van der Waals surface area contributed by atoms with Crippen LogP contribution in [0.1, 0.15) is 36.4 Å². The molecule has 5 rings (SSSR count). The summed E-state index contributed by atoms with van der Waals surface area (Å²) in [5.74, 6) is 0.819. The van der Waals surface area contributed by atoms with Crippen LogP contribution in [0.25, 0.3) is 5.65 Å². The third-order valence-electron chi connectivity index (χ3n) is 6.23. The standard InChI is InChI=1S/C23H24N4O4/c24-23(29)15-6-9-26(10-7-15)22(28)12-17(16-4-5-19-20(11-16)31-14-30-19)18-13-25-21-3-1-2-8-27(18)21/h1-5,8,11,13,15,17H,6-7,9-10,12,14H2,(H2,24,29). The summed E-state index contributed by atoms with van der Waals surface area (Å²) in [7, 11) is 0. The molecule has 1 aromatic carbocycles. The third kappa shape index (κ3) is 3.69. The number of piperidine rings is 1. The number of fused-ring (bicyclic) bond motifs is 2. The third-order valence-corrected chi connectivity index (χ3v) is 6.23. The number of primary amides is 1. The predicted molar refractivity (Wildman–Crippen MR) is 113 cm³/mol. The largest absolute Gasteiger partial charge is 0.454 e. The van der Waals surface area contributed by atoms with E-state index >= 15 is 0 Å². The minimum absolute atomic E-state index is 0.0523. The lowest BCUT2D eigenvalue weighted by molar-refractivity contribution is -0.135. The zero-order valence-electron chi connectivity index (χ0n) is 17.1. The van der Waals surface area contributed by atoms with E-state index in [4.69, 9.17) is 15.2 Å². The first kappa shape index (κ1) is 19.4. The van der Waals surface area contributed by atoms with Crippen molar-refractivity contribution < 1.29 is 19.1 Å². The summed E-state index contributed by atoms with van der Waals surface area (Å²) in [5.41, 5.74) is 8.17. The molecule has 0 spiro atoms. The smallest absolute Gasteiger partial charge is 0.231 e. The van der Waals surface area contributed by atoms with E-state index < -0.39 is 0 Å². The van der Waals surface area contributed by atoms with Crippen molar-refractivity contribution in [2.45, 2.75) is 25.2 Å². The summed E-state index contributed by atoms with van der Waals surface area (Å²) >= 11 is 0. The van der Waals surface area contributed by atoms with E-state index in [1.54, 1.807) is 0 Å². The van der Waals surface area contributed by atoms with Crippen molar-refractivity contribution in [3.8, 4) is 11.5 Å². The van der Waals surface area contributed by atoms with Gasteiger partial charge in [-0.25, -0.2) is 4.98 Å². The van der Waals surface area contributed by atoms with Crippen LogP contribution in [-0.4, -0.2) is 46.0 Å². The monoisotopic (exact) mass is 420 g/mol. The van der Waals surface area contributed by atoms with Crippen LogP contribution in [0.3, 0.4) is 0 Å². The Bertz CT molecular complexity index is 1130. The number of benzene rings is 1. The second kappa shape index (κ2) is 7.94. The molecule has 31 heavy (non-hydrogen) atoms. The first-order valence-electron chi connectivity index (χ1n) is 10.5. The van der Waals surface area contributed by atoms with Crippen LogP contribution in [0, 0.1) is 5.92 Å². The molecule has 2 aromatic heterocycles. The highest BCUT2D eigenvalue weighted by Crippen LogP contribution is 2.38. The van der Waals surface area contributed by atoms with Crippen molar-refractivity contribution in [3.05, 3.63) is 60.0 Å². The summed E-state index contributed by atoms with van der Waals surface area (Å²) in [4.78, 5) is 31.1. The minimum atomic E-state index is -0.281. The number of imidazole rings is 1. The Hall–Kier alpha value is -3.55. The maximum Gasteiger partial charge on any atom is 0.231 e. The predicted octanol–water partition coefficient (Wildman–Crippen LogP) is 2.31. The van der Waals surface area contributed by atoms with Gasteiger partial charge in [0, 0.05) is 43.7 Å². The van der Waals surface area contributed by atoms with Crippen LogP contribution < -0.4 is 15.2 Å². The van der Waals surface area contributed by atoms with Gasteiger partial charge in [0.1, 0.15) is 5.65 Å². The molecule has 2 amide bonds. The van der Waals surface area contributed by atoms with Gasteiger partial charge in [-0.05, 0) is 42.7 Å². The Labute approximate surface area is 179 Å². The molecule has 1 saturated heterocycles. The van der Waals surface area contributed by atoms with Gasteiger partial charge in [0.2, 0.25) is 18.6 Å². The molecular weight excluding hydrogens is 396 g/mol. The molecule has 1 unspecified atom stereocenters. The number of nitrogens with zero attached hydrogens (tertiary/aromatic N) is 3. The SMILES string of the molecule is NC(=O)C1CCN(C(=O)CC(c2ccc3c(c2)OCO3)c2cnc3ccccn23)CC1. The highest BCUT2D eigenvalue weighted by atomic mass is 16.7. The van der Waals surface area contributed by atoms with Gasteiger partial charge in [0.05, 0.1) is 5.69 Å². The molecule has 2 aliphatic heterocycles. The van der Waals surface area contributed by atoms with Gasteiger partial charge in [-0.1, -0.05) is 12.1 Å². The number of likely N-dealkylation sites (tertiary alicyclic amines) is 1. The van der Waals surface area contributed by atoms with Crippen molar-refractivity contribution in [1.29, 1.82) is 0 Å². The molecular formula is C23H24N4O4. The van der Waals surface area contributed by atoms with Crippen LogP contribution in [0.2, 0.25) is 0 Å². The van der Waals surface area contributed by atoms with E-state index in [1.807, 2.05) is 58.1 Å². The normalized spacial score (nSPS) is 17.1. The maximum atomic E-state index is 13.2. The first-order valence-corrected chi connectivity index (χ1v) is 10.5. The number of carbonyl (C=O) groups excluding carboxylic acids is 2. The summed E-state index contributed by atoms with van der Waals surface area (Å²) in [6, 6.07) is 11.6. The maximum absolute atomic E-state index is 13.2. The fraction of sp³-hybridized carbons (Fsp3) is 0.348. The van der Waals surface area contributed by atoms with E-state index in [9.17, 15) is 9.59 Å². The van der Waals surface area contributed by atoms with Crippen LogP contribution in [0.15, 0.2) is 48.8 Å². The van der Waals surface area contributed by atoms with Crippen LogP contribution in [0.4, 0.5) is 0 Å². The molecule has 1 fully saturated rings. The molecule has 0 radical (unpaired) electrons. The number of aromatic nitrogens is 2. The van der Waals surface area contributed by atoms with Crippen LogP contribution in [-0.2, 0) is 9.59 Å². The highest BCUT2D eigenvalue weighted by molar-refractivity contribution is 5.79. The van der Waals surface area contributed by atoms with E-state index in [2.05, 4.69) is 4.98 Å². The fourth-order valence-electron chi connectivity index (χ4n) is 4.45. The quantitative estimate of drug-likeness (QED) is 0.683. The lowest BCUT2D eigenvalue weighted by Crippen LogP contribution is -2.42. The summed E-state index contributed by atoms with van der Waals surface area (Å²) in [5, 5.41) is 0. The molecule has 0 aliphatic carbocycles. The van der Waals surface area contributed by atoms with Gasteiger partial charge in [-0.3, -0.25) is 9.59 Å². The second-order valence-corrected chi connectivity index (χ2v) is 8.04. The first-order chi connectivity index (χ1) is 15.1. The molecule has 1 atom stereocenters. The van der Waals surface area contributed by atoms with E-state index in [0.717, 1.165) is 16.9 Å². The summed E-state index contributed by atoms with van der Waals surface area (Å²) < 4.78 is 13.0. The topological polar surface area (TPSA) is 99.2 Å². The van der Waals surface area contributed by atoms with Gasteiger partial charge in [0.25, 0.3) is 0 Å². The highest BCUT2D eigenvalue weighted by Gasteiger charge is 2.30. The Morgan fingerprint density at radius 3 is 2.74 bits per heavy atom. The number of hydrogen-bond donors (Lipinski definition) is 1. The van der Waals surface area contributed by atoms with Crippen molar-refractivity contribution in [3.63, 3.8) is 0 Å². The van der Waals surface area contributed by atoms with Gasteiger partial charge in [-0.2, -0.15) is 0 Å². The molecule has 8 heteroatoms. The number of amides is 2. The van der Waals surface area contributed by atoms with Crippen molar-refractivity contribution >= 4 is 17.5 Å². The van der Waals surface area contributed by atoms with E-state index in [1.165, 1.54) is 0 Å². The summed E-state index contributed by atoms with van der Waals surface area (Å²) in [6.07, 6.45) is 5.32. The second-order valence-electron chi connectivity index (χ2n) is 8.04. The van der Waals surface area contributed by atoms with Crippen LogP contribution >= 0.6 is 0 Å². The molecule has 0 saturated carbocycles. The molecule has 4 heterocycles. The van der Waals surface area contributed by atoms with Gasteiger partial charge >= 0.3 is 0 Å². The molecule has 2 N–H and O–H groups in total. The van der Waals surface area contributed by atoms with Gasteiger partial charge in [0.15, 0.2) is 11.5 Å². The molecule has 160 valence electrons. The average molecular weight is 420 g/mol. The van der Waals surface area contributed by atoms with Crippen LogP contribution in [0.5, 0.6) is 11.5 Å². The average Bonchev–Trinajstić information content (AvgIpc) is 3.44. The Kier molecular flexibility index (Phi) is 4.97. The Morgan fingerprint density at radius 2 is 1.94 bits per heavy atom. The number of nitrogens with two attached hydrogens (primary N) is 1. The minimum Gasteiger partial charge on any atom is -0.454 e. The van der Waals surface area contributed by atoms with Crippen molar-refractivity contribution in [2.24, 2.45) is 11.7 Å². The number of rotatable bonds is 5. The molecule has 0 bridgehead atoms. The van der Waals surface area contributed by atoms with E-state index in [0.29, 0.717) is 43.9 Å². The lowest BCUT2D eigenvalue weighted by atomic mass is 9.90. The number of ether oxygens (including phenoxy) is 2. The molecule has 8 nitrogen and oxygen atoms in total. The number of hydrogen-bond acceptors (Lipinski definition) is 5. The Balaban J connectivity index is 1.45. The molecule has 2 aliphatic rings. The number of pyridine rings is 1. The van der Waals surface area contributed by atoms with Crippen molar-refractivity contribution in [2.75, 3.05) is 19.9 Å². The van der Waals surface area contributed by atoms with E-state index in [-0.39, 0.29) is 30.4 Å². The molecule has 3 aromatic rings.